The lowest BCUT2D eigenvalue weighted by atomic mass is 9.93. The smallest absolute Gasteiger partial charge is 0.257 e. The number of rotatable bonds is 5. The quantitative estimate of drug-likeness (QED) is 0.611. The molecule has 0 aromatic heterocycles. The minimum absolute atomic E-state index is 0.0621. The molecule has 1 atom stereocenters. The number of aromatic hydroxyl groups is 2. The molecular weight excluding hydrogens is 416 g/mol. The molecule has 2 aliphatic heterocycles. The average Bonchev–Trinajstić information content (AvgIpc) is 3.20. The third-order valence-corrected chi connectivity index (χ3v) is 5.66. The van der Waals surface area contributed by atoms with Crippen LogP contribution in [0.4, 0.5) is 5.69 Å². The van der Waals surface area contributed by atoms with E-state index in [1.54, 1.807) is 17.0 Å². The first-order valence-corrected chi connectivity index (χ1v) is 10.4. The van der Waals surface area contributed by atoms with E-state index < -0.39 is 0 Å². The molecule has 0 radical (unpaired) electrons. The Hall–Kier alpha value is -3.75. The van der Waals surface area contributed by atoms with Crippen molar-refractivity contribution in [1.29, 1.82) is 0 Å². The normalized spacial score (nSPS) is 17.2. The number of hydrogen-bond donors (Lipinski definition) is 3. The number of phenols is 2. The van der Waals surface area contributed by atoms with Gasteiger partial charge < -0.3 is 29.9 Å². The van der Waals surface area contributed by atoms with Gasteiger partial charge in [0.25, 0.3) is 5.91 Å². The number of Topliss-reactive ketones (excluding diaryl/α,β-unsaturated/α-hetero) is 1. The van der Waals surface area contributed by atoms with Crippen LogP contribution in [0.25, 0.3) is 0 Å². The van der Waals surface area contributed by atoms with Gasteiger partial charge in [0.2, 0.25) is 12.7 Å². The molecule has 9 nitrogen and oxygen atoms in total. The summed E-state index contributed by atoms with van der Waals surface area (Å²) < 4.78 is 10.6. The largest absolute Gasteiger partial charge is 0.508 e. The lowest BCUT2D eigenvalue weighted by Gasteiger charge is -2.32. The van der Waals surface area contributed by atoms with Crippen LogP contribution in [-0.4, -0.2) is 52.6 Å². The van der Waals surface area contributed by atoms with E-state index in [1.807, 2.05) is 0 Å². The SMILES string of the molecule is CC(=O)c1cc2c(cc1NC(=O)CC1CCCN(C(=O)c3ccc(O)cc3O)C1)OCO2. The van der Waals surface area contributed by atoms with Crippen LogP contribution in [0.15, 0.2) is 30.3 Å². The molecule has 1 fully saturated rings. The summed E-state index contributed by atoms with van der Waals surface area (Å²) >= 11 is 0. The Kier molecular flexibility index (Phi) is 5.89. The zero-order valence-electron chi connectivity index (χ0n) is 17.6. The minimum atomic E-state index is -0.345. The van der Waals surface area contributed by atoms with E-state index in [1.165, 1.54) is 19.1 Å². The second-order valence-corrected chi connectivity index (χ2v) is 8.02. The molecule has 168 valence electrons. The number of carbonyl (C=O) groups is 3. The molecule has 2 aromatic rings. The molecule has 0 spiro atoms. The van der Waals surface area contributed by atoms with Crippen molar-refractivity contribution in [3.63, 3.8) is 0 Å². The van der Waals surface area contributed by atoms with Crippen molar-refractivity contribution in [3.8, 4) is 23.0 Å². The maximum Gasteiger partial charge on any atom is 0.257 e. The zero-order chi connectivity index (χ0) is 22.8. The first-order chi connectivity index (χ1) is 15.3. The van der Waals surface area contributed by atoms with Gasteiger partial charge in [-0.2, -0.15) is 0 Å². The fourth-order valence-electron chi connectivity index (χ4n) is 4.09. The highest BCUT2D eigenvalue weighted by molar-refractivity contribution is 6.04. The highest BCUT2D eigenvalue weighted by Gasteiger charge is 2.28. The molecule has 2 aliphatic rings. The summed E-state index contributed by atoms with van der Waals surface area (Å²) in [5, 5.41) is 22.2. The van der Waals surface area contributed by atoms with Crippen LogP contribution in [0, 0.1) is 5.92 Å². The van der Waals surface area contributed by atoms with E-state index in [9.17, 15) is 24.6 Å². The van der Waals surface area contributed by atoms with Crippen LogP contribution in [-0.2, 0) is 4.79 Å². The zero-order valence-corrected chi connectivity index (χ0v) is 17.6. The number of piperidine rings is 1. The summed E-state index contributed by atoms with van der Waals surface area (Å²) in [5.41, 5.74) is 0.815. The Balaban J connectivity index is 1.42. The van der Waals surface area contributed by atoms with Crippen LogP contribution in [0.3, 0.4) is 0 Å². The van der Waals surface area contributed by atoms with Gasteiger partial charge in [-0.3, -0.25) is 14.4 Å². The van der Waals surface area contributed by atoms with Crippen molar-refractivity contribution >= 4 is 23.3 Å². The second kappa shape index (κ2) is 8.78. The van der Waals surface area contributed by atoms with Crippen molar-refractivity contribution in [2.75, 3.05) is 25.2 Å². The Labute approximate surface area is 184 Å². The van der Waals surface area contributed by atoms with Gasteiger partial charge in [0.15, 0.2) is 17.3 Å². The molecule has 1 unspecified atom stereocenters. The van der Waals surface area contributed by atoms with E-state index in [2.05, 4.69) is 5.32 Å². The number of amides is 2. The highest BCUT2D eigenvalue weighted by atomic mass is 16.7. The summed E-state index contributed by atoms with van der Waals surface area (Å²) in [6.45, 7) is 2.37. The van der Waals surface area contributed by atoms with E-state index in [4.69, 9.17) is 9.47 Å². The van der Waals surface area contributed by atoms with Gasteiger partial charge in [-0.05, 0) is 43.9 Å². The molecule has 2 amide bonds. The van der Waals surface area contributed by atoms with Gasteiger partial charge >= 0.3 is 0 Å². The number of nitrogens with zero attached hydrogens (tertiary/aromatic N) is 1. The maximum absolute atomic E-state index is 12.8. The summed E-state index contributed by atoms with van der Waals surface area (Å²) in [6.07, 6.45) is 1.68. The topological polar surface area (TPSA) is 125 Å². The number of hydrogen-bond acceptors (Lipinski definition) is 7. The Morgan fingerprint density at radius 1 is 1.09 bits per heavy atom. The van der Waals surface area contributed by atoms with E-state index >= 15 is 0 Å². The monoisotopic (exact) mass is 440 g/mol. The van der Waals surface area contributed by atoms with Crippen molar-refractivity contribution in [3.05, 3.63) is 41.5 Å². The van der Waals surface area contributed by atoms with Crippen molar-refractivity contribution in [1.82, 2.24) is 4.90 Å². The Morgan fingerprint density at radius 2 is 1.84 bits per heavy atom. The average molecular weight is 440 g/mol. The predicted octanol–water partition coefficient (Wildman–Crippen LogP) is 2.91. The van der Waals surface area contributed by atoms with Gasteiger partial charge in [0.1, 0.15) is 11.5 Å². The molecule has 0 saturated carbocycles. The number of carbonyl (C=O) groups excluding carboxylic acids is 3. The van der Waals surface area contributed by atoms with Gasteiger partial charge in [0, 0.05) is 37.2 Å². The number of ether oxygens (including phenoxy) is 2. The molecule has 1 saturated heterocycles. The third-order valence-electron chi connectivity index (χ3n) is 5.66. The van der Waals surface area contributed by atoms with E-state index in [0.717, 1.165) is 18.9 Å². The number of ketones is 1. The molecule has 4 rings (SSSR count). The molecule has 0 aliphatic carbocycles. The fourth-order valence-corrected chi connectivity index (χ4v) is 4.09. The number of phenolic OH excluding ortho intramolecular Hbond substituents is 2. The van der Waals surface area contributed by atoms with Crippen LogP contribution < -0.4 is 14.8 Å². The highest BCUT2D eigenvalue weighted by Crippen LogP contribution is 2.37. The van der Waals surface area contributed by atoms with Gasteiger partial charge in [-0.15, -0.1) is 0 Å². The molecule has 3 N–H and O–H groups in total. The minimum Gasteiger partial charge on any atom is -0.508 e. The van der Waals surface area contributed by atoms with Crippen LogP contribution in [0.2, 0.25) is 0 Å². The molecule has 32 heavy (non-hydrogen) atoms. The lowest BCUT2D eigenvalue weighted by Crippen LogP contribution is -2.41. The number of likely N-dealkylation sites (tertiary alicyclic amines) is 1. The van der Waals surface area contributed by atoms with Gasteiger partial charge in [0.05, 0.1) is 11.3 Å². The summed E-state index contributed by atoms with van der Waals surface area (Å²) in [6, 6.07) is 7.00. The van der Waals surface area contributed by atoms with E-state index in [-0.39, 0.29) is 53.8 Å². The Morgan fingerprint density at radius 3 is 2.56 bits per heavy atom. The first kappa shape index (κ1) is 21.5. The fraction of sp³-hybridized carbons (Fsp3) is 0.348. The Bertz CT molecular complexity index is 1080. The van der Waals surface area contributed by atoms with Crippen molar-refractivity contribution in [2.45, 2.75) is 26.2 Å². The third kappa shape index (κ3) is 4.46. The first-order valence-electron chi connectivity index (χ1n) is 10.4. The number of benzene rings is 2. The number of anilines is 1. The molecule has 9 heteroatoms. The second-order valence-electron chi connectivity index (χ2n) is 8.02. The summed E-state index contributed by atoms with van der Waals surface area (Å²) in [7, 11) is 0. The molecule has 2 aromatic carbocycles. The van der Waals surface area contributed by atoms with Crippen molar-refractivity contribution < 1.29 is 34.1 Å². The van der Waals surface area contributed by atoms with Gasteiger partial charge in [-0.25, -0.2) is 0 Å². The van der Waals surface area contributed by atoms with Crippen LogP contribution in [0.1, 0.15) is 46.9 Å². The van der Waals surface area contributed by atoms with Gasteiger partial charge in [-0.1, -0.05) is 0 Å². The summed E-state index contributed by atoms with van der Waals surface area (Å²) in [5.74, 6) is -0.362. The molecule has 2 heterocycles. The molecular formula is C23H24N2O7. The van der Waals surface area contributed by atoms with Crippen LogP contribution >= 0.6 is 0 Å². The molecule has 0 bridgehead atoms. The van der Waals surface area contributed by atoms with Crippen molar-refractivity contribution in [2.24, 2.45) is 5.92 Å². The van der Waals surface area contributed by atoms with Crippen LogP contribution in [0.5, 0.6) is 23.0 Å². The van der Waals surface area contributed by atoms with E-state index in [0.29, 0.717) is 35.8 Å². The lowest BCUT2D eigenvalue weighted by molar-refractivity contribution is -0.117. The standard InChI is InChI=1S/C23H24N2O7/c1-13(26)17-9-20-21(32-12-31-20)10-18(17)24-22(29)7-14-3-2-6-25(11-14)23(30)16-5-4-15(27)8-19(16)28/h4-5,8-10,14,27-28H,2-3,6-7,11-12H2,1H3,(H,24,29). The number of fused-ring (bicyclic) bond motifs is 1. The number of nitrogens with one attached hydrogen (secondary N) is 1. The predicted molar refractivity (Wildman–Crippen MR) is 114 cm³/mol. The summed E-state index contributed by atoms with van der Waals surface area (Å²) in [4.78, 5) is 39.1. The maximum atomic E-state index is 12.8.